The van der Waals surface area contributed by atoms with Crippen molar-refractivity contribution in [1.82, 2.24) is 4.98 Å². The zero-order chi connectivity index (χ0) is 11.5. The van der Waals surface area contributed by atoms with Gasteiger partial charge in [-0.25, -0.2) is 4.98 Å². The second-order valence-corrected chi connectivity index (χ2v) is 4.88. The largest absolute Gasteiger partial charge is 0.368 e. The Morgan fingerprint density at radius 1 is 1.47 bits per heavy atom. The molecule has 3 nitrogen and oxygen atoms in total. The first-order chi connectivity index (χ1) is 6.94. The van der Waals surface area contributed by atoms with Gasteiger partial charge in [-0.3, -0.25) is 0 Å². The number of hydrogen-bond acceptors (Lipinski definition) is 3. The van der Waals surface area contributed by atoms with Crippen molar-refractivity contribution in [3.8, 4) is 6.07 Å². The Morgan fingerprint density at radius 3 is 2.67 bits per heavy atom. The molecule has 1 N–H and O–H groups in total. The van der Waals surface area contributed by atoms with E-state index in [2.05, 4.69) is 37.1 Å². The van der Waals surface area contributed by atoms with Crippen LogP contribution < -0.4 is 5.32 Å². The summed E-state index contributed by atoms with van der Waals surface area (Å²) in [5.74, 6) is 0.687. The number of hydrogen-bond donors (Lipinski definition) is 1. The van der Waals surface area contributed by atoms with Crippen molar-refractivity contribution in [1.29, 1.82) is 5.26 Å². The van der Waals surface area contributed by atoms with E-state index in [4.69, 9.17) is 5.26 Å². The summed E-state index contributed by atoms with van der Waals surface area (Å²) in [5, 5.41) is 12.2. The lowest BCUT2D eigenvalue weighted by Gasteiger charge is -2.19. The van der Waals surface area contributed by atoms with E-state index in [1.54, 1.807) is 6.20 Å². The molecule has 0 aliphatic carbocycles. The van der Waals surface area contributed by atoms with E-state index >= 15 is 0 Å². The predicted octanol–water partition coefficient (Wildman–Crippen LogP) is 2.72. The molecule has 0 bridgehead atoms. The molecule has 1 aromatic heterocycles. The highest BCUT2D eigenvalue weighted by Crippen LogP contribution is 2.18. The minimum atomic E-state index is 0.179. The molecule has 0 aliphatic rings. The first kappa shape index (κ1) is 11.5. The van der Waals surface area contributed by atoms with Crippen molar-refractivity contribution < 1.29 is 0 Å². The van der Waals surface area contributed by atoms with Gasteiger partial charge in [0, 0.05) is 12.7 Å². The van der Waals surface area contributed by atoms with Crippen LogP contribution in [0.5, 0.6) is 0 Å². The molecule has 0 aliphatic heterocycles. The molecule has 0 aromatic carbocycles. The molecule has 0 unspecified atom stereocenters. The fourth-order valence-electron chi connectivity index (χ4n) is 1.18. The monoisotopic (exact) mass is 203 g/mol. The van der Waals surface area contributed by atoms with E-state index in [1.165, 1.54) is 0 Å². The molecular weight excluding hydrogens is 186 g/mol. The summed E-state index contributed by atoms with van der Waals surface area (Å²) < 4.78 is 0. The van der Waals surface area contributed by atoms with Crippen LogP contribution in [0.2, 0.25) is 0 Å². The second-order valence-electron chi connectivity index (χ2n) is 4.88. The Labute approximate surface area is 91.1 Å². The molecule has 0 spiro atoms. The van der Waals surface area contributed by atoms with Crippen LogP contribution in [-0.4, -0.2) is 11.5 Å². The van der Waals surface area contributed by atoms with Gasteiger partial charge in [0.15, 0.2) is 0 Å². The van der Waals surface area contributed by atoms with Gasteiger partial charge in [0.05, 0.1) is 5.56 Å². The highest BCUT2D eigenvalue weighted by Gasteiger charge is 2.12. The molecule has 0 saturated carbocycles. The van der Waals surface area contributed by atoms with Gasteiger partial charge in [-0.15, -0.1) is 0 Å². The minimum Gasteiger partial charge on any atom is -0.368 e. The summed E-state index contributed by atoms with van der Waals surface area (Å²) in [7, 11) is 0. The first-order valence-electron chi connectivity index (χ1n) is 5.03. The molecule has 1 heterocycles. The molecule has 80 valence electrons. The maximum absolute atomic E-state index is 9.00. The lowest BCUT2D eigenvalue weighted by Crippen LogP contribution is -2.20. The Morgan fingerprint density at radius 2 is 2.13 bits per heavy atom. The molecule has 3 heteroatoms. The van der Waals surface area contributed by atoms with Crippen LogP contribution >= 0.6 is 0 Å². The number of aromatic nitrogens is 1. The van der Waals surface area contributed by atoms with Crippen molar-refractivity contribution in [2.24, 2.45) is 5.41 Å². The molecule has 0 amide bonds. The lowest BCUT2D eigenvalue weighted by atomic mass is 9.97. The zero-order valence-corrected chi connectivity index (χ0v) is 9.76. The molecule has 0 radical (unpaired) electrons. The molecule has 15 heavy (non-hydrogen) atoms. The van der Waals surface area contributed by atoms with E-state index in [1.807, 2.05) is 13.0 Å². The van der Waals surface area contributed by atoms with Crippen LogP contribution in [-0.2, 0) is 0 Å². The standard InChI is InChI=1S/C12H17N3/c1-9-5-6-14-11(10(9)7-13)15-8-12(2,3)4/h5-6H,8H2,1-4H3,(H,14,15). The smallest absolute Gasteiger partial charge is 0.144 e. The minimum absolute atomic E-state index is 0.179. The zero-order valence-electron chi connectivity index (χ0n) is 9.76. The Balaban J connectivity index is 2.87. The van der Waals surface area contributed by atoms with E-state index in [-0.39, 0.29) is 5.41 Å². The number of anilines is 1. The second kappa shape index (κ2) is 4.31. The number of aryl methyl sites for hydroxylation is 1. The molecule has 1 aromatic rings. The van der Waals surface area contributed by atoms with Gasteiger partial charge in [0.1, 0.15) is 11.9 Å². The molecule has 0 fully saturated rings. The Hall–Kier alpha value is -1.56. The van der Waals surface area contributed by atoms with Crippen LogP contribution in [0.4, 0.5) is 5.82 Å². The maximum Gasteiger partial charge on any atom is 0.144 e. The summed E-state index contributed by atoms with van der Waals surface area (Å²) in [6, 6.07) is 4.02. The van der Waals surface area contributed by atoms with Gasteiger partial charge in [-0.05, 0) is 24.0 Å². The summed E-state index contributed by atoms with van der Waals surface area (Å²) in [5.41, 5.74) is 1.78. The van der Waals surface area contributed by atoms with Crippen LogP contribution in [0.3, 0.4) is 0 Å². The van der Waals surface area contributed by atoms with Crippen molar-refractivity contribution in [3.63, 3.8) is 0 Å². The molecule has 0 atom stereocenters. The van der Waals surface area contributed by atoms with Crippen LogP contribution in [0.15, 0.2) is 12.3 Å². The van der Waals surface area contributed by atoms with Gasteiger partial charge in [-0.1, -0.05) is 20.8 Å². The molecule has 1 rings (SSSR count). The maximum atomic E-state index is 9.00. The summed E-state index contributed by atoms with van der Waals surface area (Å²) in [6.07, 6.45) is 1.72. The number of nitrogens with zero attached hydrogens (tertiary/aromatic N) is 2. The Bertz CT molecular complexity index is 383. The Kier molecular flexibility index (Phi) is 3.31. The van der Waals surface area contributed by atoms with Gasteiger partial charge in [0.25, 0.3) is 0 Å². The fraction of sp³-hybridized carbons (Fsp3) is 0.500. The highest BCUT2D eigenvalue weighted by atomic mass is 15.0. The van der Waals surface area contributed by atoms with E-state index in [9.17, 15) is 0 Å². The number of nitrogens with one attached hydrogen (secondary N) is 1. The van der Waals surface area contributed by atoms with Gasteiger partial charge in [-0.2, -0.15) is 5.26 Å². The predicted molar refractivity (Wildman–Crippen MR) is 61.6 cm³/mol. The number of nitriles is 1. The van der Waals surface area contributed by atoms with Gasteiger partial charge >= 0.3 is 0 Å². The quantitative estimate of drug-likeness (QED) is 0.804. The molecular formula is C12H17N3. The average molecular weight is 203 g/mol. The fourth-order valence-corrected chi connectivity index (χ4v) is 1.18. The summed E-state index contributed by atoms with van der Waals surface area (Å²) in [6.45, 7) is 9.15. The number of rotatable bonds is 2. The summed E-state index contributed by atoms with van der Waals surface area (Å²) in [4.78, 5) is 4.18. The third-order valence-electron chi connectivity index (χ3n) is 2.06. The number of pyridine rings is 1. The summed E-state index contributed by atoms with van der Waals surface area (Å²) >= 11 is 0. The van der Waals surface area contributed by atoms with E-state index < -0.39 is 0 Å². The SMILES string of the molecule is Cc1ccnc(NCC(C)(C)C)c1C#N. The van der Waals surface area contributed by atoms with Gasteiger partial charge in [0.2, 0.25) is 0 Å². The van der Waals surface area contributed by atoms with Crippen LogP contribution in [0, 0.1) is 23.7 Å². The average Bonchev–Trinajstić information content (AvgIpc) is 2.13. The van der Waals surface area contributed by atoms with Gasteiger partial charge < -0.3 is 5.32 Å². The van der Waals surface area contributed by atoms with E-state index in [0.29, 0.717) is 11.4 Å². The normalized spacial score (nSPS) is 10.9. The van der Waals surface area contributed by atoms with E-state index in [0.717, 1.165) is 12.1 Å². The molecule has 0 saturated heterocycles. The topological polar surface area (TPSA) is 48.7 Å². The van der Waals surface area contributed by atoms with Crippen molar-refractivity contribution in [2.45, 2.75) is 27.7 Å². The first-order valence-corrected chi connectivity index (χ1v) is 5.03. The van der Waals surface area contributed by atoms with Crippen LogP contribution in [0.1, 0.15) is 31.9 Å². The van der Waals surface area contributed by atoms with Crippen molar-refractivity contribution >= 4 is 5.82 Å². The lowest BCUT2D eigenvalue weighted by molar-refractivity contribution is 0.442. The highest BCUT2D eigenvalue weighted by molar-refractivity contribution is 5.55. The van der Waals surface area contributed by atoms with Crippen molar-refractivity contribution in [3.05, 3.63) is 23.4 Å². The van der Waals surface area contributed by atoms with Crippen molar-refractivity contribution in [2.75, 3.05) is 11.9 Å². The van der Waals surface area contributed by atoms with Crippen LogP contribution in [0.25, 0.3) is 0 Å². The third kappa shape index (κ3) is 3.25. The third-order valence-corrected chi connectivity index (χ3v) is 2.06.